The van der Waals surface area contributed by atoms with E-state index in [4.69, 9.17) is 15.2 Å². The Morgan fingerprint density at radius 2 is 1.89 bits per heavy atom. The maximum absolute atomic E-state index is 12.4. The number of fused-ring (bicyclic) bond motifs is 1. The molecule has 104 valence electrons. The summed E-state index contributed by atoms with van der Waals surface area (Å²) in [5, 5.41) is 0. The molecule has 2 aliphatic heterocycles. The number of nitrogens with two attached hydrogens (primary N) is 1. The molecule has 7 heteroatoms. The zero-order valence-electron chi connectivity index (χ0n) is 10.4. The van der Waals surface area contributed by atoms with E-state index in [1.54, 1.807) is 12.1 Å². The van der Waals surface area contributed by atoms with E-state index in [2.05, 4.69) is 0 Å². The second-order valence-corrected chi connectivity index (χ2v) is 6.67. The Hall–Kier alpha value is -1.31. The molecular weight excluding hydrogens is 268 g/mol. The van der Waals surface area contributed by atoms with Gasteiger partial charge >= 0.3 is 0 Å². The highest BCUT2D eigenvalue weighted by Crippen LogP contribution is 2.34. The third-order valence-corrected chi connectivity index (χ3v) is 5.24. The molecule has 1 saturated heterocycles. The smallest absolute Gasteiger partial charge is 0.243 e. The highest BCUT2D eigenvalue weighted by Gasteiger charge is 2.36. The number of ether oxygens (including phenoxy) is 2. The van der Waals surface area contributed by atoms with E-state index in [0.717, 1.165) is 0 Å². The Morgan fingerprint density at radius 1 is 1.21 bits per heavy atom. The Bertz CT molecular complexity index is 581. The average Bonchev–Trinajstić information content (AvgIpc) is 2.36. The van der Waals surface area contributed by atoms with Gasteiger partial charge in [0.25, 0.3) is 0 Å². The average molecular weight is 284 g/mol. The fraction of sp³-hybridized carbons (Fsp3) is 0.500. The van der Waals surface area contributed by atoms with E-state index in [9.17, 15) is 8.42 Å². The summed E-state index contributed by atoms with van der Waals surface area (Å²) in [5.41, 5.74) is 5.51. The molecule has 0 aliphatic carbocycles. The quantitative estimate of drug-likeness (QED) is 0.847. The lowest BCUT2D eigenvalue weighted by Crippen LogP contribution is -2.52. The summed E-state index contributed by atoms with van der Waals surface area (Å²) in [6.07, 6.45) is 0. The van der Waals surface area contributed by atoms with Crippen molar-refractivity contribution in [3.63, 3.8) is 0 Å². The number of nitrogens with zero attached hydrogens (tertiary/aromatic N) is 1. The first kappa shape index (κ1) is 12.7. The van der Waals surface area contributed by atoms with Gasteiger partial charge in [0.15, 0.2) is 11.5 Å². The van der Waals surface area contributed by atoms with Crippen LogP contribution >= 0.6 is 0 Å². The predicted molar refractivity (Wildman–Crippen MR) is 68.7 cm³/mol. The minimum absolute atomic E-state index is 0.243. The fourth-order valence-electron chi connectivity index (χ4n) is 2.20. The lowest BCUT2D eigenvalue weighted by atomic mass is 10.0. The van der Waals surface area contributed by atoms with Crippen LogP contribution in [0, 0.1) is 5.92 Å². The van der Waals surface area contributed by atoms with Gasteiger partial charge in [0.1, 0.15) is 13.2 Å². The first-order valence-electron chi connectivity index (χ1n) is 6.21. The van der Waals surface area contributed by atoms with Crippen LogP contribution in [0.1, 0.15) is 0 Å². The number of rotatable bonds is 3. The zero-order valence-corrected chi connectivity index (χ0v) is 11.2. The third-order valence-electron chi connectivity index (χ3n) is 3.41. The van der Waals surface area contributed by atoms with E-state index in [0.29, 0.717) is 44.3 Å². The topological polar surface area (TPSA) is 81.9 Å². The first-order chi connectivity index (χ1) is 9.11. The molecule has 1 fully saturated rings. The van der Waals surface area contributed by atoms with Crippen LogP contribution in [-0.2, 0) is 10.0 Å². The van der Waals surface area contributed by atoms with E-state index < -0.39 is 10.0 Å². The molecule has 2 heterocycles. The monoisotopic (exact) mass is 284 g/mol. The van der Waals surface area contributed by atoms with Crippen molar-refractivity contribution in [2.75, 3.05) is 32.8 Å². The van der Waals surface area contributed by atoms with Gasteiger partial charge in [0, 0.05) is 19.2 Å². The Balaban J connectivity index is 1.85. The molecular formula is C12H16N2O4S. The maximum atomic E-state index is 12.4. The van der Waals surface area contributed by atoms with Crippen LogP contribution < -0.4 is 15.2 Å². The van der Waals surface area contributed by atoms with Crippen LogP contribution in [0.4, 0.5) is 0 Å². The van der Waals surface area contributed by atoms with Crippen molar-refractivity contribution < 1.29 is 17.9 Å². The van der Waals surface area contributed by atoms with Gasteiger partial charge in [-0.05, 0) is 24.6 Å². The Morgan fingerprint density at radius 3 is 2.58 bits per heavy atom. The molecule has 0 spiro atoms. The van der Waals surface area contributed by atoms with Gasteiger partial charge in [-0.15, -0.1) is 0 Å². The second-order valence-electron chi connectivity index (χ2n) is 4.73. The van der Waals surface area contributed by atoms with Crippen LogP contribution in [0.2, 0.25) is 0 Å². The SMILES string of the molecule is NCC1CN(S(=O)(=O)c2ccc3c(c2)OCCO3)C1. The van der Waals surface area contributed by atoms with Crippen LogP contribution in [0.25, 0.3) is 0 Å². The second kappa shape index (κ2) is 4.66. The molecule has 2 aliphatic rings. The van der Waals surface area contributed by atoms with Crippen molar-refractivity contribution in [2.45, 2.75) is 4.90 Å². The summed E-state index contributed by atoms with van der Waals surface area (Å²) >= 11 is 0. The lowest BCUT2D eigenvalue weighted by Gasteiger charge is -2.37. The number of sulfonamides is 1. The summed E-state index contributed by atoms with van der Waals surface area (Å²) < 4.78 is 36.9. The maximum Gasteiger partial charge on any atom is 0.243 e. The fourth-order valence-corrected chi connectivity index (χ4v) is 3.81. The number of benzene rings is 1. The molecule has 3 rings (SSSR count). The normalized spacial score (nSPS) is 20.1. The molecule has 0 amide bonds. The molecule has 1 aromatic carbocycles. The Kier molecular flexibility index (Phi) is 3.12. The van der Waals surface area contributed by atoms with Crippen molar-refractivity contribution >= 4 is 10.0 Å². The van der Waals surface area contributed by atoms with Crippen molar-refractivity contribution in [3.8, 4) is 11.5 Å². The first-order valence-corrected chi connectivity index (χ1v) is 7.65. The minimum atomic E-state index is -3.44. The summed E-state index contributed by atoms with van der Waals surface area (Å²) in [5.74, 6) is 1.35. The molecule has 0 unspecified atom stereocenters. The van der Waals surface area contributed by atoms with Crippen LogP contribution in [0.3, 0.4) is 0 Å². The van der Waals surface area contributed by atoms with E-state index >= 15 is 0 Å². The molecule has 0 bridgehead atoms. The predicted octanol–water partition coefficient (Wildman–Crippen LogP) is 0.0370. The number of hydrogen-bond donors (Lipinski definition) is 1. The van der Waals surface area contributed by atoms with Gasteiger partial charge in [0.05, 0.1) is 4.90 Å². The molecule has 2 N–H and O–H groups in total. The molecule has 0 radical (unpaired) electrons. The van der Waals surface area contributed by atoms with Crippen LogP contribution in [0.15, 0.2) is 23.1 Å². The largest absolute Gasteiger partial charge is 0.486 e. The van der Waals surface area contributed by atoms with E-state index in [-0.39, 0.29) is 10.8 Å². The van der Waals surface area contributed by atoms with Gasteiger partial charge < -0.3 is 15.2 Å². The molecule has 0 atom stereocenters. The highest BCUT2D eigenvalue weighted by molar-refractivity contribution is 7.89. The van der Waals surface area contributed by atoms with Gasteiger partial charge in [-0.25, -0.2) is 8.42 Å². The molecule has 0 saturated carbocycles. The molecule has 19 heavy (non-hydrogen) atoms. The van der Waals surface area contributed by atoms with Crippen molar-refractivity contribution in [3.05, 3.63) is 18.2 Å². The van der Waals surface area contributed by atoms with Gasteiger partial charge in [-0.3, -0.25) is 0 Å². The van der Waals surface area contributed by atoms with E-state index in [1.807, 2.05) is 0 Å². The molecule has 0 aromatic heterocycles. The Labute approximate surface area is 112 Å². The van der Waals surface area contributed by atoms with Crippen LogP contribution in [0.5, 0.6) is 11.5 Å². The van der Waals surface area contributed by atoms with Crippen molar-refractivity contribution in [1.29, 1.82) is 0 Å². The summed E-state index contributed by atoms with van der Waals surface area (Å²) in [7, 11) is -3.44. The highest BCUT2D eigenvalue weighted by atomic mass is 32.2. The number of hydrogen-bond acceptors (Lipinski definition) is 5. The summed E-state index contributed by atoms with van der Waals surface area (Å²) in [6.45, 7) is 2.44. The summed E-state index contributed by atoms with van der Waals surface area (Å²) in [6, 6.07) is 4.72. The summed E-state index contributed by atoms with van der Waals surface area (Å²) in [4.78, 5) is 0.243. The van der Waals surface area contributed by atoms with Gasteiger partial charge in [-0.2, -0.15) is 4.31 Å². The van der Waals surface area contributed by atoms with E-state index in [1.165, 1.54) is 10.4 Å². The standard InChI is InChI=1S/C12H16N2O4S/c13-6-9-7-14(8-9)19(15,16)10-1-2-11-12(5-10)18-4-3-17-11/h1-2,5,9H,3-4,6-8,13H2. The minimum Gasteiger partial charge on any atom is -0.486 e. The molecule has 1 aromatic rings. The zero-order chi connectivity index (χ0) is 13.5. The molecule has 6 nitrogen and oxygen atoms in total. The van der Waals surface area contributed by atoms with Crippen molar-refractivity contribution in [2.24, 2.45) is 11.7 Å². The lowest BCUT2D eigenvalue weighted by molar-refractivity contribution is 0.171. The third kappa shape index (κ3) is 2.18. The van der Waals surface area contributed by atoms with Gasteiger partial charge in [-0.1, -0.05) is 0 Å². The van der Waals surface area contributed by atoms with Gasteiger partial charge in [0.2, 0.25) is 10.0 Å². The van der Waals surface area contributed by atoms with Crippen LogP contribution in [-0.4, -0.2) is 45.6 Å². The van der Waals surface area contributed by atoms with Crippen molar-refractivity contribution in [1.82, 2.24) is 4.31 Å².